The summed E-state index contributed by atoms with van der Waals surface area (Å²) in [7, 11) is 0. The number of aliphatic hydroxyl groups excluding tert-OH is 1. The summed E-state index contributed by atoms with van der Waals surface area (Å²) in [5.74, 6) is -0.0113. The van der Waals surface area contributed by atoms with Gasteiger partial charge in [0, 0.05) is 13.1 Å². The molecular formula is C15H22N2O2. The number of aryl methyl sites for hydroxylation is 2. The fourth-order valence-corrected chi connectivity index (χ4v) is 2.59. The number of hydrogen-bond acceptors (Lipinski definition) is 3. The van der Waals surface area contributed by atoms with Gasteiger partial charge in [0.1, 0.15) is 0 Å². The van der Waals surface area contributed by atoms with Crippen LogP contribution < -0.4 is 10.6 Å². The Morgan fingerprint density at radius 3 is 2.68 bits per heavy atom. The predicted octanol–water partition coefficient (Wildman–Crippen LogP) is 0.685. The molecule has 0 saturated carbocycles. The molecule has 1 aliphatic heterocycles. The summed E-state index contributed by atoms with van der Waals surface area (Å²) >= 11 is 0. The Bertz CT molecular complexity index is 439. The second kappa shape index (κ2) is 6.17. The van der Waals surface area contributed by atoms with Crippen molar-refractivity contribution in [2.45, 2.75) is 38.8 Å². The van der Waals surface area contributed by atoms with E-state index in [0.29, 0.717) is 19.5 Å². The first-order valence-electron chi connectivity index (χ1n) is 6.82. The minimum absolute atomic E-state index is 0.0113. The first kappa shape index (κ1) is 14.0. The molecule has 0 aliphatic carbocycles. The van der Waals surface area contributed by atoms with E-state index in [4.69, 9.17) is 0 Å². The number of aliphatic hydroxyl groups is 1. The van der Waals surface area contributed by atoms with E-state index in [-0.39, 0.29) is 11.9 Å². The summed E-state index contributed by atoms with van der Waals surface area (Å²) in [6.07, 6.45) is 0.962. The van der Waals surface area contributed by atoms with Gasteiger partial charge in [-0.1, -0.05) is 18.2 Å². The lowest BCUT2D eigenvalue weighted by molar-refractivity contribution is -0.122. The minimum atomic E-state index is -0.394. The maximum atomic E-state index is 11.9. The summed E-state index contributed by atoms with van der Waals surface area (Å²) in [5, 5.41) is 15.3. The first-order chi connectivity index (χ1) is 9.08. The third kappa shape index (κ3) is 3.55. The van der Waals surface area contributed by atoms with Crippen molar-refractivity contribution in [2.75, 3.05) is 13.1 Å². The minimum Gasteiger partial charge on any atom is -0.392 e. The van der Waals surface area contributed by atoms with Gasteiger partial charge in [-0.15, -0.1) is 0 Å². The monoisotopic (exact) mass is 262 g/mol. The third-order valence-electron chi connectivity index (χ3n) is 3.74. The van der Waals surface area contributed by atoms with Gasteiger partial charge in [-0.05, 0) is 43.4 Å². The van der Waals surface area contributed by atoms with Crippen molar-refractivity contribution in [3.63, 3.8) is 0 Å². The number of rotatable bonds is 4. The Morgan fingerprint density at radius 2 is 2.11 bits per heavy atom. The van der Waals surface area contributed by atoms with E-state index < -0.39 is 6.10 Å². The van der Waals surface area contributed by atoms with Crippen molar-refractivity contribution < 1.29 is 9.90 Å². The van der Waals surface area contributed by atoms with E-state index in [1.807, 2.05) is 0 Å². The Balaban J connectivity index is 1.82. The molecule has 0 aromatic heterocycles. The summed E-state index contributed by atoms with van der Waals surface area (Å²) in [4.78, 5) is 11.9. The summed E-state index contributed by atoms with van der Waals surface area (Å²) in [5.41, 5.74) is 3.84. The number of hydrogen-bond donors (Lipinski definition) is 3. The van der Waals surface area contributed by atoms with Crippen LogP contribution in [0.3, 0.4) is 0 Å². The second-order valence-corrected chi connectivity index (χ2v) is 5.26. The lowest BCUT2D eigenvalue weighted by Gasteiger charge is -2.13. The van der Waals surface area contributed by atoms with Gasteiger partial charge in [0.25, 0.3) is 0 Å². The maximum Gasteiger partial charge on any atom is 0.237 e. The van der Waals surface area contributed by atoms with Crippen molar-refractivity contribution >= 4 is 5.91 Å². The standard InChI is InChI=1S/C15H22N2O2/c1-10-4-3-5-11(2)13(10)6-7-16-15(19)14-8-12(18)9-17-14/h3-5,12,14,17-18H,6-9H2,1-2H3,(H,16,19). The smallest absolute Gasteiger partial charge is 0.237 e. The molecule has 0 spiro atoms. The molecule has 2 unspecified atom stereocenters. The van der Waals surface area contributed by atoms with Crippen LogP contribution in [0.25, 0.3) is 0 Å². The van der Waals surface area contributed by atoms with Crippen molar-refractivity contribution in [3.05, 3.63) is 34.9 Å². The summed E-state index contributed by atoms with van der Waals surface area (Å²) in [6, 6.07) is 6.00. The molecule has 1 saturated heterocycles. The highest BCUT2D eigenvalue weighted by Gasteiger charge is 2.27. The molecule has 4 heteroatoms. The zero-order valence-electron chi connectivity index (χ0n) is 11.6. The fourth-order valence-electron chi connectivity index (χ4n) is 2.59. The molecule has 0 radical (unpaired) electrons. The number of nitrogens with one attached hydrogen (secondary N) is 2. The maximum absolute atomic E-state index is 11.9. The third-order valence-corrected chi connectivity index (χ3v) is 3.74. The van der Waals surface area contributed by atoms with E-state index in [2.05, 4.69) is 42.7 Å². The molecule has 1 heterocycles. The Labute approximate surface area is 114 Å². The molecule has 19 heavy (non-hydrogen) atoms. The zero-order valence-corrected chi connectivity index (χ0v) is 11.6. The lowest BCUT2D eigenvalue weighted by atomic mass is 10.0. The molecule has 3 N–H and O–H groups in total. The fraction of sp³-hybridized carbons (Fsp3) is 0.533. The SMILES string of the molecule is Cc1cccc(C)c1CCNC(=O)C1CC(O)CN1. The summed E-state index contributed by atoms with van der Waals surface area (Å²) < 4.78 is 0. The Kier molecular flexibility index (Phi) is 4.56. The molecular weight excluding hydrogens is 240 g/mol. The van der Waals surface area contributed by atoms with Crippen LogP contribution in [-0.2, 0) is 11.2 Å². The van der Waals surface area contributed by atoms with E-state index in [1.165, 1.54) is 16.7 Å². The van der Waals surface area contributed by atoms with Gasteiger partial charge in [-0.25, -0.2) is 0 Å². The lowest BCUT2D eigenvalue weighted by Crippen LogP contribution is -2.41. The van der Waals surface area contributed by atoms with Gasteiger partial charge >= 0.3 is 0 Å². The first-order valence-corrected chi connectivity index (χ1v) is 6.82. The van der Waals surface area contributed by atoms with Crippen molar-refractivity contribution in [2.24, 2.45) is 0 Å². The van der Waals surface area contributed by atoms with Crippen LogP contribution in [0.1, 0.15) is 23.1 Å². The topological polar surface area (TPSA) is 61.4 Å². The van der Waals surface area contributed by atoms with E-state index in [1.54, 1.807) is 0 Å². The van der Waals surface area contributed by atoms with Crippen LogP contribution in [0.4, 0.5) is 0 Å². The molecule has 1 aromatic carbocycles. The van der Waals surface area contributed by atoms with E-state index >= 15 is 0 Å². The number of carbonyl (C=O) groups is 1. The molecule has 104 valence electrons. The van der Waals surface area contributed by atoms with Gasteiger partial charge in [0.15, 0.2) is 0 Å². The Morgan fingerprint density at radius 1 is 1.42 bits per heavy atom. The van der Waals surface area contributed by atoms with Crippen LogP contribution in [0.2, 0.25) is 0 Å². The second-order valence-electron chi connectivity index (χ2n) is 5.26. The van der Waals surface area contributed by atoms with Gasteiger partial charge in [0.05, 0.1) is 12.1 Å². The number of carbonyl (C=O) groups excluding carboxylic acids is 1. The van der Waals surface area contributed by atoms with Gasteiger partial charge in [-0.3, -0.25) is 4.79 Å². The molecule has 2 rings (SSSR count). The van der Waals surface area contributed by atoms with Crippen molar-refractivity contribution in [1.82, 2.24) is 10.6 Å². The van der Waals surface area contributed by atoms with Crippen LogP contribution in [0.15, 0.2) is 18.2 Å². The highest BCUT2D eigenvalue weighted by Crippen LogP contribution is 2.13. The molecule has 2 atom stereocenters. The Hall–Kier alpha value is -1.39. The highest BCUT2D eigenvalue weighted by atomic mass is 16.3. The van der Waals surface area contributed by atoms with Gasteiger partial charge < -0.3 is 15.7 Å². The largest absolute Gasteiger partial charge is 0.392 e. The quantitative estimate of drug-likeness (QED) is 0.748. The molecule has 4 nitrogen and oxygen atoms in total. The van der Waals surface area contributed by atoms with Crippen LogP contribution in [0.5, 0.6) is 0 Å². The number of amides is 1. The summed E-state index contributed by atoms with van der Waals surface area (Å²) in [6.45, 7) is 5.34. The van der Waals surface area contributed by atoms with E-state index in [0.717, 1.165) is 6.42 Å². The molecule has 1 aliphatic rings. The highest BCUT2D eigenvalue weighted by molar-refractivity contribution is 5.82. The normalized spacial score (nSPS) is 22.5. The molecule has 1 amide bonds. The van der Waals surface area contributed by atoms with Crippen LogP contribution >= 0.6 is 0 Å². The van der Waals surface area contributed by atoms with Crippen molar-refractivity contribution in [1.29, 1.82) is 0 Å². The van der Waals surface area contributed by atoms with Crippen LogP contribution in [-0.4, -0.2) is 36.2 Å². The van der Waals surface area contributed by atoms with E-state index in [9.17, 15) is 9.90 Å². The molecule has 0 bridgehead atoms. The van der Waals surface area contributed by atoms with Crippen molar-refractivity contribution in [3.8, 4) is 0 Å². The predicted molar refractivity (Wildman–Crippen MR) is 75.0 cm³/mol. The van der Waals surface area contributed by atoms with Crippen LogP contribution in [0, 0.1) is 13.8 Å². The average molecular weight is 262 g/mol. The van der Waals surface area contributed by atoms with Gasteiger partial charge in [-0.2, -0.15) is 0 Å². The molecule has 1 fully saturated rings. The average Bonchev–Trinajstić information content (AvgIpc) is 2.79. The zero-order chi connectivity index (χ0) is 13.8. The molecule has 1 aromatic rings. The van der Waals surface area contributed by atoms with Gasteiger partial charge in [0.2, 0.25) is 5.91 Å². The number of β-amino-alcohol motifs (C(OH)–C–C–N with tert-alkyl or cyclic N) is 1. The number of benzene rings is 1.